The maximum absolute atomic E-state index is 10.1. The van der Waals surface area contributed by atoms with E-state index in [2.05, 4.69) is 24.3 Å². The maximum Gasteiger partial charge on any atom is 0.177 e. The first-order valence-electron chi connectivity index (χ1n) is 8.45. The normalized spacial score (nSPS) is 19.1. The molecule has 120 valence electrons. The van der Waals surface area contributed by atoms with E-state index in [1.54, 1.807) is 7.11 Å². The van der Waals surface area contributed by atoms with E-state index in [0.717, 1.165) is 66.2 Å². The highest BCUT2D eigenvalue weighted by molar-refractivity contribution is 6.07. The monoisotopic (exact) mass is 310 g/mol. The van der Waals surface area contributed by atoms with Gasteiger partial charge in [-0.3, -0.25) is 0 Å². The van der Waals surface area contributed by atoms with Crippen LogP contribution >= 0.6 is 0 Å². The third-order valence-electron chi connectivity index (χ3n) is 4.90. The van der Waals surface area contributed by atoms with Crippen LogP contribution < -0.4 is 4.74 Å². The van der Waals surface area contributed by atoms with Crippen LogP contribution in [-0.4, -0.2) is 18.3 Å². The second-order valence-electron chi connectivity index (χ2n) is 6.55. The molecule has 1 aliphatic rings. The van der Waals surface area contributed by atoms with Gasteiger partial charge in [-0.25, -0.2) is 0 Å². The van der Waals surface area contributed by atoms with Gasteiger partial charge in [-0.15, -0.1) is 0 Å². The number of aliphatic hydroxyl groups excluding tert-OH is 1. The van der Waals surface area contributed by atoms with E-state index >= 15 is 0 Å². The van der Waals surface area contributed by atoms with Crippen molar-refractivity contribution in [2.75, 3.05) is 7.11 Å². The van der Waals surface area contributed by atoms with Crippen molar-refractivity contribution < 1.29 is 14.3 Å². The van der Waals surface area contributed by atoms with E-state index in [0.29, 0.717) is 0 Å². The maximum atomic E-state index is 10.1. The molecular formula is C20H22O3. The Kier molecular flexibility index (Phi) is 3.74. The number of fused-ring (bicyclic) bond motifs is 2. The number of hydrogen-bond donors (Lipinski definition) is 1. The van der Waals surface area contributed by atoms with Gasteiger partial charge < -0.3 is 14.3 Å². The van der Waals surface area contributed by atoms with Crippen molar-refractivity contribution in [2.45, 2.75) is 44.6 Å². The molecule has 0 radical (unpaired) electrons. The van der Waals surface area contributed by atoms with Gasteiger partial charge in [-0.2, -0.15) is 0 Å². The molecule has 3 heteroatoms. The van der Waals surface area contributed by atoms with Crippen molar-refractivity contribution in [3.63, 3.8) is 0 Å². The largest absolute Gasteiger partial charge is 0.493 e. The second-order valence-corrected chi connectivity index (χ2v) is 6.55. The highest BCUT2D eigenvalue weighted by Gasteiger charge is 2.15. The Labute approximate surface area is 135 Å². The van der Waals surface area contributed by atoms with Crippen LogP contribution in [0.4, 0.5) is 0 Å². The van der Waals surface area contributed by atoms with Crippen LogP contribution in [0.2, 0.25) is 0 Å². The molecule has 3 aromatic rings. The van der Waals surface area contributed by atoms with Crippen molar-refractivity contribution in [1.82, 2.24) is 0 Å². The van der Waals surface area contributed by atoms with Crippen molar-refractivity contribution >= 4 is 21.9 Å². The van der Waals surface area contributed by atoms with E-state index in [9.17, 15) is 5.11 Å². The fourth-order valence-corrected chi connectivity index (χ4v) is 3.59. The zero-order chi connectivity index (χ0) is 15.8. The highest BCUT2D eigenvalue weighted by Crippen LogP contribution is 2.37. The molecule has 4 rings (SSSR count). The Hall–Kier alpha value is -2.00. The Bertz CT molecular complexity index is 847. The first kappa shape index (κ1) is 14.6. The minimum Gasteiger partial charge on any atom is -0.493 e. The van der Waals surface area contributed by atoms with Crippen LogP contribution in [0.25, 0.3) is 21.9 Å². The summed E-state index contributed by atoms with van der Waals surface area (Å²) < 4.78 is 11.6. The van der Waals surface area contributed by atoms with Gasteiger partial charge in [0.05, 0.1) is 13.2 Å². The Morgan fingerprint density at radius 2 is 1.87 bits per heavy atom. The molecule has 0 saturated carbocycles. The number of hydrogen-bond acceptors (Lipinski definition) is 3. The summed E-state index contributed by atoms with van der Waals surface area (Å²) in [4.78, 5) is 0. The minimum absolute atomic E-state index is 0.200. The molecule has 1 aliphatic carbocycles. The average Bonchev–Trinajstić information content (AvgIpc) is 2.93. The summed E-state index contributed by atoms with van der Waals surface area (Å²) in [6.45, 7) is 0. The van der Waals surface area contributed by atoms with Crippen molar-refractivity contribution in [2.24, 2.45) is 0 Å². The summed E-state index contributed by atoms with van der Waals surface area (Å²) in [7, 11) is 1.70. The lowest BCUT2D eigenvalue weighted by atomic mass is 10.0. The molecule has 4 bridgehead atoms. The molecule has 1 atom stereocenters. The predicted molar refractivity (Wildman–Crippen MR) is 92.2 cm³/mol. The Morgan fingerprint density at radius 1 is 1.00 bits per heavy atom. The standard InChI is InChI=1S/C20H22O3/c1-22-19-12-14-4-2-3-5-15(21)8-6-13-7-9-18-16(10-13)17(11-14)20(19)23-18/h7,9-12,15,21H,2-6,8H2,1H3/t15-/m0/s1. The highest BCUT2D eigenvalue weighted by atomic mass is 16.5. The van der Waals surface area contributed by atoms with Crippen molar-refractivity contribution in [3.8, 4) is 5.75 Å². The topological polar surface area (TPSA) is 42.6 Å². The molecule has 1 N–H and O–H groups in total. The summed E-state index contributed by atoms with van der Waals surface area (Å²) in [5, 5.41) is 12.4. The summed E-state index contributed by atoms with van der Waals surface area (Å²) in [5.74, 6) is 0.810. The fourth-order valence-electron chi connectivity index (χ4n) is 3.59. The molecule has 0 fully saturated rings. The molecule has 0 aliphatic heterocycles. The van der Waals surface area contributed by atoms with Crippen LogP contribution in [0.1, 0.15) is 36.8 Å². The molecule has 1 heterocycles. The van der Waals surface area contributed by atoms with E-state index in [-0.39, 0.29) is 6.10 Å². The number of furan rings is 1. The van der Waals surface area contributed by atoms with Crippen LogP contribution in [0, 0.1) is 0 Å². The Balaban J connectivity index is 1.93. The second kappa shape index (κ2) is 5.89. The first-order valence-corrected chi connectivity index (χ1v) is 8.45. The van der Waals surface area contributed by atoms with Gasteiger partial charge in [-0.1, -0.05) is 12.5 Å². The summed E-state index contributed by atoms with van der Waals surface area (Å²) in [5.41, 5.74) is 4.26. The average molecular weight is 310 g/mol. The third-order valence-corrected chi connectivity index (χ3v) is 4.90. The van der Waals surface area contributed by atoms with Crippen LogP contribution in [-0.2, 0) is 12.8 Å². The predicted octanol–water partition coefficient (Wildman–Crippen LogP) is 4.61. The third kappa shape index (κ3) is 2.70. The first-order chi connectivity index (χ1) is 11.2. The van der Waals surface area contributed by atoms with E-state index in [1.807, 2.05) is 6.07 Å². The van der Waals surface area contributed by atoms with Gasteiger partial charge in [0.25, 0.3) is 0 Å². The lowest BCUT2D eigenvalue weighted by Crippen LogP contribution is -2.08. The zero-order valence-electron chi connectivity index (χ0n) is 13.5. The SMILES string of the molecule is COc1cc2cc3c1oc1ccc(cc13)CC[C@@H](O)CCCC2. The lowest BCUT2D eigenvalue weighted by Gasteiger charge is -2.10. The molecule has 2 aromatic carbocycles. The summed E-state index contributed by atoms with van der Waals surface area (Å²) in [6.07, 6.45) is 5.56. The number of benzene rings is 2. The minimum atomic E-state index is -0.200. The number of aliphatic hydroxyl groups is 1. The Morgan fingerprint density at radius 3 is 2.74 bits per heavy atom. The number of rotatable bonds is 1. The summed E-state index contributed by atoms with van der Waals surface area (Å²) >= 11 is 0. The quantitative estimate of drug-likeness (QED) is 0.713. The fraction of sp³-hybridized carbons (Fsp3) is 0.400. The molecular weight excluding hydrogens is 288 g/mol. The number of ether oxygens (including phenoxy) is 1. The molecule has 23 heavy (non-hydrogen) atoms. The number of aryl methyl sites for hydroxylation is 2. The molecule has 0 spiro atoms. The van der Waals surface area contributed by atoms with Crippen molar-refractivity contribution in [3.05, 3.63) is 41.5 Å². The van der Waals surface area contributed by atoms with E-state index in [4.69, 9.17) is 9.15 Å². The van der Waals surface area contributed by atoms with Crippen LogP contribution in [0.5, 0.6) is 5.75 Å². The zero-order valence-corrected chi connectivity index (χ0v) is 13.5. The number of methoxy groups -OCH3 is 1. The van der Waals surface area contributed by atoms with E-state index in [1.165, 1.54) is 11.1 Å². The van der Waals surface area contributed by atoms with Gasteiger partial charge in [0.1, 0.15) is 5.58 Å². The smallest absolute Gasteiger partial charge is 0.177 e. The molecule has 3 nitrogen and oxygen atoms in total. The van der Waals surface area contributed by atoms with Gasteiger partial charge in [0.15, 0.2) is 11.3 Å². The molecule has 0 amide bonds. The van der Waals surface area contributed by atoms with Gasteiger partial charge in [0.2, 0.25) is 0 Å². The van der Waals surface area contributed by atoms with Crippen LogP contribution in [0.15, 0.2) is 34.7 Å². The van der Waals surface area contributed by atoms with Crippen molar-refractivity contribution in [1.29, 1.82) is 0 Å². The lowest BCUT2D eigenvalue weighted by molar-refractivity contribution is 0.151. The molecule has 1 aromatic heterocycles. The van der Waals surface area contributed by atoms with Gasteiger partial charge in [0, 0.05) is 10.8 Å². The molecule has 0 unspecified atom stereocenters. The van der Waals surface area contributed by atoms with Crippen LogP contribution in [0.3, 0.4) is 0 Å². The van der Waals surface area contributed by atoms with Gasteiger partial charge in [-0.05, 0) is 67.5 Å². The molecule has 0 saturated heterocycles. The van der Waals surface area contributed by atoms with E-state index < -0.39 is 0 Å². The van der Waals surface area contributed by atoms with Gasteiger partial charge >= 0.3 is 0 Å². The summed E-state index contributed by atoms with van der Waals surface area (Å²) in [6, 6.07) is 10.7.